The van der Waals surface area contributed by atoms with E-state index in [0.717, 1.165) is 5.56 Å². The third-order valence-corrected chi connectivity index (χ3v) is 2.92. The van der Waals surface area contributed by atoms with Gasteiger partial charge in [0.15, 0.2) is 6.61 Å². The zero-order valence-electron chi connectivity index (χ0n) is 13.3. The lowest BCUT2D eigenvalue weighted by molar-refractivity contribution is -0.130. The monoisotopic (exact) mass is 308 g/mol. The van der Waals surface area contributed by atoms with E-state index in [1.807, 2.05) is 31.2 Å². The third-order valence-electron chi connectivity index (χ3n) is 2.92. The average molecular weight is 308 g/mol. The van der Waals surface area contributed by atoms with Crippen molar-refractivity contribution in [1.82, 2.24) is 10.9 Å². The van der Waals surface area contributed by atoms with E-state index in [0.29, 0.717) is 24.9 Å². The molecule has 0 saturated carbocycles. The van der Waals surface area contributed by atoms with Crippen LogP contribution in [0.3, 0.4) is 0 Å². The maximum Gasteiger partial charge on any atom is 0.276 e. The summed E-state index contributed by atoms with van der Waals surface area (Å²) >= 11 is 0. The van der Waals surface area contributed by atoms with Crippen LogP contribution in [0, 0.1) is 0 Å². The number of carbonyl (C=O) groups is 2. The Labute approximate surface area is 131 Å². The highest BCUT2D eigenvalue weighted by molar-refractivity contribution is 5.82. The molecule has 6 nitrogen and oxygen atoms in total. The van der Waals surface area contributed by atoms with Gasteiger partial charge in [-0.05, 0) is 24.5 Å². The van der Waals surface area contributed by atoms with Gasteiger partial charge in [0.1, 0.15) is 5.75 Å². The van der Waals surface area contributed by atoms with Crippen LogP contribution in [0.1, 0.15) is 38.7 Å². The Morgan fingerprint density at radius 3 is 2.50 bits per heavy atom. The molecule has 0 saturated heterocycles. The number of carbonyl (C=O) groups excluding carboxylic acids is 2. The standard InChI is InChI=1S/C16H24N2O4/c1-4-21-10-9-15(19)17-18-16(20)11-22-14-8-6-5-7-13(14)12(2)3/h5-8,12H,4,9-11H2,1-3H3,(H,17,19)(H,18,20). The summed E-state index contributed by atoms with van der Waals surface area (Å²) in [6.45, 7) is 6.70. The van der Waals surface area contributed by atoms with Gasteiger partial charge >= 0.3 is 0 Å². The summed E-state index contributed by atoms with van der Waals surface area (Å²) in [7, 11) is 0. The molecule has 6 heteroatoms. The van der Waals surface area contributed by atoms with Crippen LogP contribution >= 0.6 is 0 Å². The Morgan fingerprint density at radius 1 is 1.14 bits per heavy atom. The first-order valence-electron chi connectivity index (χ1n) is 7.41. The molecule has 0 fully saturated rings. The number of hydrogen-bond acceptors (Lipinski definition) is 4. The van der Waals surface area contributed by atoms with Crippen LogP contribution in [0.2, 0.25) is 0 Å². The van der Waals surface area contributed by atoms with Gasteiger partial charge < -0.3 is 9.47 Å². The molecule has 0 atom stereocenters. The molecule has 1 aromatic rings. The molecule has 0 heterocycles. The maximum absolute atomic E-state index is 11.6. The van der Waals surface area contributed by atoms with E-state index in [-0.39, 0.29) is 18.9 Å². The summed E-state index contributed by atoms with van der Waals surface area (Å²) < 4.78 is 10.6. The first-order valence-corrected chi connectivity index (χ1v) is 7.41. The van der Waals surface area contributed by atoms with Gasteiger partial charge in [0.05, 0.1) is 13.0 Å². The quantitative estimate of drug-likeness (QED) is 0.567. The minimum absolute atomic E-state index is 0.157. The van der Waals surface area contributed by atoms with Crippen LogP contribution in [0.15, 0.2) is 24.3 Å². The van der Waals surface area contributed by atoms with Crippen LogP contribution in [-0.2, 0) is 14.3 Å². The van der Waals surface area contributed by atoms with Crippen molar-refractivity contribution in [3.05, 3.63) is 29.8 Å². The second-order valence-corrected chi connectivity index (χ2v) is 5.02. The average Bonchev–Trinajstić information content (AvgIpc) is 2.51. The fraction of sp³-hybridized carbons (Fsp3) is 0.500. The number of hydrazine groups is 1. The van der Waals surface area contributed by atoms with Crippen molar-refractivity contribution in [3.63, 3.8) is 0 Å². The first-order chi connectivity index (χ1) is 10.5. The van der Waals surface area contributed by atoms with Gasteiger partial charge in [-0.25, -0.2) is 0 Å². The Bertz CT molecular complexity index is 489. The SMILES string of the molecule is CCOCCC(=O)NNC(=O)COc1ccccc1C(C)C. The summed E-state index contributed by atoms with van der Waals surface area (Å²) in [6, 6.07) is 7.58. The second-order valence-electron chi connectivity index (χ2n) is 5.02. The van der Waals surface area contributed by atoms with Gasteiger partial charge in [0.25, 0.3) is 5.91 Å². The molecule has 22 heavy (non-hydrogen) atoms. The molecule has 1 rings (SSSR count). The van der Waals surface area contributed by atoms with E-state index in [9.17, 15) is 9.59 Å². The molecule has 0 aromatic heterocycles. The number of benzene rings is 1. The van der Waals surface area contributed by atoms with E-state index in [1.54, 1.807) is 0 Å². The van der Waals surface area contributed by atoms with Gasteiger partial charge in [-0.1, -0.05) is 32.0 Å². The third kappa shape index (κ3) is 6.58. The van der Waals surface area contributed by atoms with E-state index in [4.69, 9.17) is 9.47 Å². The van der Waals surface area contributed by atoms with Crippen molar-refractivity contribution >= 4 is 11.8 Å². The Morgan fingerprint density at radius 2 is 1.82 bits per heavy atom. The number of para-hydroxylation sites is 1. The van der Waals surface area contributed by atoms with Gasteiger partial charge in [-0.3, -0.25) is 20.4 Å². The number of rotatable bonds is 8. The molecule has 0 unspecified atom stereocenters. The highest BCUT2D eigenvalue weighted by Crippen LogP contribution is 2.25. The molecule has 0 radical (unpaired) electrons. The number of amides is 2. The van der Waals surface area contributed by atoms with Crippen LogP contribution < -0.4 is 15.6 Å². The summed E-state index contributed by atoms with van der Waals surface area (Å²) in [6.07, 6.45) is 0.200. The highest BCUT2D eigenvalue weighted by Gasteiger charge is 2.09. The van der Waals surface area contributed by atoms with Gasteiger partial charge in [-0.15, -0.1) is 0 Å². The van der Waals surface area contributed by atoms with Crippen LogP contribution in [0.25, 0.3) is 0 Å². The molecular formula is C16H24N2O4. The predicted octanol–water partition coefficient (Wildman–Crippen LogP) is 1.76. The first kappa shape index (κ1) is 18.0. The van der Waals surface area contributed by atoms with Crippen LogP contribution in [0.4, 0.5) is 0 Å². The molecule has 122 valence electrons. The summed E-state index contributed by atoms with van der Waals surface area (Å²) in [5, 5.41) is 0. The van der Waals surface area contributed by atoms with Gasteiger partial charge in [0, 0.05) is 6.61 Å². The summed E-state index contributed by atoms with van der Waals surface area (Å²) in [4.78, 5) is 23.0. The second kappa shape index (κ2) is 9.78. The van der Waals surface area contributed by atoms with Gasteiger partial charge in [-0.2, -0.15) is 0 Å². The molecule has 0 aliphatic heterocycles. The molecule has 0 aliphatic carbocycles. The van der Waals surface area contributed by atoms with Crippen molar-refractivity contribution in [3.8, 4) is 5.75 Å². The Kier molecular flexibility index (Phi) is 7.99. The Balaban J connectivity index is 2.33. The van der Waals surface area contributed by atoms with Gasteiger partial charge in [0.2, 0.25) is 5.91 Å². The van der Waals surface area contributed by atoms with Crippen LogP contribution in [0.5, 0.6) is 5.75 Å². The lowest BCUT2D eigenvalue weighted by Gasteiger charge is -2.14. The summed E-state index contributed by atoms with van der Waals surface area (Å²) in [5.74, 6) is 0.264. The highest BCUT2D eigenvalue weighted by atomic mass is 16.5. The normalized spacial score (nSPS) is 10.4. The molecular weight excluding hydrogens is 284 g/mol. The molecule has 0 bridgehead atoms. The van der Waals surface area contributed by atoms with Crippen LogP contribution in [-0.4, -0.2) is 31.6 Å². The van der Waals surface area contributed by atoms with Crippen molar-refractivity contribution in [2.75, 3.05) is 19.8 Å². The summed E-state index contributed by atoms with van der Waals surface area (Å²) in [5.41, 5.74) is 5.66. The predicted molar refractivity (Wildman–Crippen MR) is 83.4 cm³/mol. The van der Waals surface area contributed by atoms with Crippen molar-refractivity contribution < 1.29 is 19.1 Å². The number of nitrogens with one attached hydrogen (secondary N) is 2. The van der Waals surface area contributed by atoms with E-state index >= 15 is 0 Å². The van der Waals surface area contributed by atoms with E-state index in [1.165, 1.54) is 0 Å². The largest absolute Gasteiger partial charge is 0.483 e. The molecule has 2 amide bonds. The maximum atomic E-state index is 11.6. The zero-order chi connectivity index (χ0) is 16.4. The minimum atomic E-state index is -0.414. The van der Waals surface area contributed by atoms with E-state index < -0.39 is 5.91 Å². The van der Waals surface area contributed by atoms with Crippen molar-refractivity contribution in [2.24, 2.45) is 0 Å². The van der Waals surface area contributed by atoms with Crippen molar-refractivity contribution in [1.29, 1.82) is 0 Å². The Hall–Kier alpha value is -2.08. The lowest BCUT2D eigenvalue weighted by atomic mass is 10.0. The fourth-order valence-corrected chi connectivity index (χ4v) is 1.78. The topological polar surface area (TPSA) is 76.7 Å². The molecule has 0 spiro atoms. The lowest BCUT2D eigenvalue weighted by Crippen LogP contribution is -2.44. The molecule has 0 aliphatic rings. The number of ether oxygens (including phenoxy) is 2. The number of hydrogen-bond donors (Lipinski definition) is 2. The minimum Gasteiger partial charge on any atom is -0.483 e. The van der Waals surface area contributed by atoms with Crippen molar-refractivity contribution in [2.45, 2.75) is 33.1 Å². The van der Waals surface area contributed by atoms with E-state index in [2.05, 4.69) is 24.7 Å². The molecule has 2 N–H and O–H groups in total. The molecule has 1 aromatic carbocycles. The smallest absolute Gasteiger partial charge is 0.276 e. The zero-order valence-corrected chi connectivity index (χ0v) is 13.3. The fourth-order valence-electron chi connectivity index (χ4n) is 1.78.